The fraction of sp³-hybridized carbons (Fsp3) is 0.455. The largest absolute Gasteiger partial charge is 0.616 e. The topological polar surface area (TPSA) is 110 Å². The molecule has 0 bridgehead atoms. The molecule has 1 aliphatic heterocycles. The summed E-state index contributed by atoms with van der Waals surface area (Å²) < 4.78 is 11.9. The van der Waals surface area contributed by atoms with Crippen LogP contribution in [-0.4, -0.2) is 66.3 Å². The summed E-state index contributed by atoms with van der Waals surface area (Å²) in [6.45, 7) is 5.41. The number of nitrogens with one attached hydrogen (secondary N) is 1. The van der Waals surface area contributed by atoms with Crippen LogP contribution in [0, 0.1) is 0 Å². The molecule has 0 saturated carbocycles. The third-order valence-corrected chi connectivity index (χ3v) is 7.64. The molecule has 4 rings (SSSR count). The van der Waals surface area contributed by atoms with Gasteiger partial charge in [0.15, 0.2) is 5.82 Å². The van der Waals surface area contributed by atoms with Crippen molar-refractivity contribution >= 4 is 45.7 Å². The number of fused-ring (bicyclic) bond motifs is 1. The summed E-state index contributed by atoms with van der Waals surface area (Å²) in [4.78, 5) is 20.8. The predicted octanol–water partition coefficient (Wildman–Crippen LogP) is 2.85. The Morgan fingerprint density at radius 3 is 2.59 bits per heavy atom. The summed E-state index contributed by atoms with van der Waals surface area (Å²) in [6.07, 6.45) is 2.13. The van der Waals surface area contributed by atoms with E-state index in [4.69, 9.17) is 9.97 Å². The molecule has 8 nitrogen and oxygen atoms in total. The minimum Gasteiger partial charge on any atom is -0.616 e. The molecule has 0 amide bonds. The molecule has 1 fully saturated rings. The van der Waals surface area contributed by atoms with Gasteiger partial charge in [-0.3, -0.25) is 0 Å². The van der Waals surface area contributed by atoms with Gasteiger partial charge in [0, 0.05) is 17.9 Å². The van der Waals surface area contributed by atoms with Gasteiger partial charge in [-0.15, -0.1) is 0 Å². The Labute approximate surface area is 195 Å². The Hall–Kier alpha value is -2.14. The number of hydrogen-bond acceptors (Lipinski definition) is 9. The Morgan fingerprint density at radius 1 is 1.12 bits per heavy atom. The van der Waals surface area contributed by atoms with Crippen LogP contribution < -0.4 is 10.2 Å². The van der Waals surface area contributed by atoms with E-state index in [1.165, 1.54) is 5.56 Å². The highest BCUT2D eigenvalue weighted by Gasteiger charge is 2.26. The lowest BCUT2D eigenvalue weighted by Gasteiger charge is -2.30. The van der Waals surface area contributed by atoms with Crippen LogP contribution in [0.3, 0.4) is 0 Å². The van der Waals surface area contributed by atoms with Gasteiger partial charge < -0.3 is 19.9 Å². The molecule has 0 radical (unpaired) electrons. The molecule has 170 valence electrons. The highest BCUT2D eigenvalue weighted by Crippen LogP contribution is 2.32. The molecule has 1 aliphatic rings. The van der Waals surface area contributed by atoms with E-state index in [2.05, 4.69) is 32.3 Å². The predicted molar refractivity (Wildman–Crippen MR) is 131 cm³/mol. The van der Waals surface area contributed by atoms with Crippen molar-refractivity contribution in [3.05, 3.63) is 42.2 Å². The number of hydrogen-bond donors (Lipinski definition) is 2. The third kappa shape index (κ3) is 5.61. The Balaban J connectivity index is 1.72. The van der Waals surface area contributed by atoms with Crippen molar-refractivity contribution in [3.8, 4) is 0 Å². The van der Waals surface area contributed by atoms with Gasteiger partial charge in [-0.25, -0.2) is 15.0 Å². The van der Waals surface area contributed by atoms with Gasteiger partial charge in [0.05, 0.1) is 13.1 Å². The molecule has 0 aliphatic carbocycles. The second-order valence-corrected chi connectivity index (χ2v) is 11.0. The molecule has 3 heterocycles. The second-order valence-electron chi connectivity index (χ2n) is 8.34. The minimum absolute atomic E-state index is 0.0691. The molecule has 3 aromatic rings. The van der Waals surface area contributed by atoms with Crippen LogP contribution in [0.2, 0.25) is 0 Å². The maximum atomic E-state index is 11.9. The summed E-state index contributed by atoms with van der Waals surface area (Å²) >= 11 is 0.833. The van der Waals surface area contributed by atoms with Crippen LogP contribution >= 0.6 is 11.8 Å². The quantitative estimate of drug-likeness (QED) is 0.290. The number of thioether (sulfide) groups is 1. The smallest absolute Gasteiger partial charge is 0.225 e. The van der Waals surface area contributed by atoms with Gasteiger partial charge >= 0.3 is 0 Å². The van der Waals surface area contributed by atoms with E-state index in [1.807, 2.05) is 32.0 Å². The number of rotatable bonds is 8. The molecule has 1 saturated heterocycles. The van der Waals surface area contributed by atoms with E-state index >= 15 is 0 Å². The number of aromatic nitrogens is 4. The Kier molecular flexibility index (Phi) is 7.34. The molecule has 0 spiro atoms. The molecule has 1 aromatic carbocycles. The van der Waals surface area contributed by atoms with Gasteiger partial charge in [-0.1, -0.05) is 53.3 Å². The molecular formula is C22H28N6O2S2. The number of anilines is 2. The van der Waals surface area contributed by atoms with Crippen molar-refractivity contribution in [2.45, 2.75) is 36.6 Å². The first kappa shape index (κ1) is 23.0. The molecule has 0 atom stereocenters. The fourth-order valence-corrected chi connectivity index (χ4v) is 5.46. The molecule has 0 unspecified atom stereocenters. The van der Waals surface area contributed by atoms with E-state index in [0.29, 0.717) is 48.0 Å². The van der Waals surface area contributed by atoms with Crippen LogP contribution in [0.4, 0.5) is 11.8 Å². The van der Waals surface area contributed by atoms with Crippen molar-refractivity contribution in [1.29, 1.82) is 0 Å². The van der Waals surface area contributed by atoms with Crippen LogP contribution in [0.5, 0.6) is 0 Å². The SMILES string of the molecule is CC(C)(CCO)Nc1nc(N2CC[S+]([O-])CC2)c2ncnc(SCc3ccccc3)c2n1. The highest BCUT2D eigenvalue weighted by molar-refractivity contribution is 7.98. The average molecular weight is 473 g/mol. The van der Waals surface area contributed by atoms with Gasteiger partial charge in [-0.05, 0) is 25.8 Å². The lowest BCUT2D eigenvalue weighted by atomic mass is 10.0. The van der Waals surface area contributed by atoms with Crippen molar-refractivity contribution < 1.29 is 9.66 Å². The molecule has 32 heavy (non-hydrogen) atoms. The van der Waals surface area contributed by atoms with Crippen LogP contribution in [0.15, 0.2) is 41.7 Å². The minimum atomic E-state index is -0.786. The summed E-state index contributed by atoms with van der Waals surface area (Å²) in [6, 6.07) is 10.2. The summed E-state index contributed by atoms with van der Waals surface area (Å²) in [5.41, 5.74) is 2.23. The lowest BCUT2D eigenvalue weighted by molar-refractivity contribution is 0.260. The van der Waals surface area contributed by atoms with Gasteiger partial charge in [0.2, 0.25) is 5.95 Å². The average Bonchev–Trinajstić information content (AvgIpc) is 2.78. The zero-order valence-electron chi connectivity index (χ0n) is 18.3. The summed E-state index contributed by atoms with van der Waals surface area (Å²) in [5, 5.41) is 13.6. The number of nitrogens with zero attached hydrogens (tertiary/aromatic N) is 5. The first-order valence-corrected chi connectivity index (χ1v) is 13.1. The zero-order chi connectivity index (χ0) is 22.6. The van der Waals surface area contributed by atoms with Crippen LogP contribution in [0.1, 0.15) is 25.8 Å². The summed E-state index contributed by atoms with van der Waals surface area (Å²) in [5.74, 6) is 3.22. The van der Waals surface area contributed by atoms with Crippen molar-refractivity contribution in [2.24, 2.45) is 0 Å². The zero-order valence-corrected chi connectivity index (χ0v) is 20.0. The first-order valence-electron chi connectivity index (χ1n) is 10.6. The van der Waals surface area contributed by atoms with E-state index in [1.54, 1.807) is 18.1 Å². The van der Waals surface area contributed by atoms with Crippen molar-refractivity contribution in [1.82, 2.24) is 19.9 Å². The van der Waals surface area contributed by atoms with Gasteiger partial charge in [0.1, 0.15) is 33.9 Å². The molecular weight excluding hydrogens is 444 g/mol. The van der Waals surface area contributed by atoms with Crippen LogP contribution in [0.25, 0.3) is 11.0 Å². The third-order valence-electron chi connectivity index (χ3n) is 5.31. The van der Waals surface area contributed by atoms with Crippen LogP contribution in [-0.2, 0) is 16.9 Å². The fourth-order valence-electron chi connectivity index (χ4n) is 3.51. The van der Waals surface area contributed by atoms with Gasteiger partial charge in [-0.2, -0.15) is 4.98 Å². The standard InChI is InChI=1S/C22H28N6O2S2/c1-22(2,8-11-29)27-21-25-18-17(19(26-21)28-9-12-32(30)13-10-28)23-15-24-20(18)31-14-16-6-4-3-5-7-16/h3-7,15,29H,8-14H2,1-2H3,(H,25,26,27). The van der Waals surface area contributed by atoms with Gasteiger partial charge in [0.25, 0.3) is 0 Å². The van der Waals surface area contributed by atoms with E-state index in [9.17, 15) is 9.66 Å². The number of aliphatic hydroxyl groups is 1. The normalized spacial score (nSPS) is 15.3. The molecule has 10 heteroatoms. The maximum absolute atomic E-state index is 11.9. The number of benzene rings is 1. The molecule has 2 aromatic heterocycles. The Bertz CT molecular complexity index is 1050. The lowest BCUT2D eigenvalue weighted by Crippen LogP contribution is -2.41. The highest BCUT2D eigenvalue weighted by atomic mass is 32.2. The van der Waals surface area contributed by atoms with E-state index < -0.39 is 11.2 Å². The van der Waals surface area contributed by atoms with E-state index in [-0.39, 0.29) is 12.1 Å². The maximum Gasteiger partial charge on any atom is 0.225 e. The monoisotopic (exact) mass is 472 g/mol. The van der Waals surface area contributed by atoms with E-state index in [0.717, 1.165) is 16.6 Å². The Morgan fingerprint density at radius 2 is 1.88 bits per heavy atom. The second kappa shape index (κ2) is 10.2. The summed E-state index contributed by atoms with van der Waals surface area (Å²) in [7, 11) is 0. The van der Waals surface area contributed by atoms with Crippen molar-refractivity contribution in [2.75, 3.05) is 41.4 Å². The number of aliphatic hydroxyl groups excluding tert-OH is 1. The first-order chi connectivity index (χ1) is 15.4. The van der Waals surface area contributed by atoms with Crippen molar-refractivity contribution in [3.63, 3.8) is 0 Å². The molecule has 2 N–H and O–H groups in total.